The maximum Gasteiger partial charge on any atom is 0.352 e. The number of nitrogens with one attached hydrogen (secondary N) is 1. The number of hydrogen-bond acceptors (Lipinski definition) is 3. The van der Waals surface area contributed by atoms with Gasteiger partial charge in [0, 0.05) is 6.54 Å². The summed E-state index contributed by atoms with van der Waals surface area (Å²) >= 11 is 0. The highest BCUT2D eigenvalue weighted by atomic mass is 16.4. The van der Waals surface area contributed by atoms with Crippen LogP contribution in [-0.4, -0.2) is 40.5 Å². The van der Waals surface area contributed by atoms with E-state index in [1.807, 2.05) is 42.5 Å². The lowest BCUT2D eigenvalue weighted by Gasteiger charge is -2.48. The Morgan fingerprint density at radius 2 is 2.05 bits per heavy atom. The molecule has 5 nitrogen and oxygen atoms in total. The molecule has 2 unspecified atom stereocenters. The lowest BCUT2D eigenvalue weighted by Crippen LogP contribution is -2.68. The lowest BCUT2D eigenvalue weighted by atomic mass is 9.79. The number of allylic oxidation sites excluding steroid dienone is 2. The minimum Gasteiger partial charge on any atom is -0.477 e. The number of rotatable bonds is 3. The highest BCUT2D eigenvalue weighted by molar-refractivity contribution is 6.01. The van der Waals surface area contributed by atoms with Gasteiger partial charge in [0.15, 0.2) is 0 Å². The maximum absolute atomic E-state index is 12.1. The molecule has 3 aliphatic heterocycles. The highest BCUT2D eigenvalue weighted by Gasteiger charge is 2.59. The summed E-state index contributed by atoms with van der Waals surface area (Å²) in [5.41, 5.74) is 1.89. The number of carbonyl (C=O) groups is 2. The largest absolute Gasteiger partial charge is 0.477 e. The number of aliphatic carboxylic acids is 1. The van der Waals surface area contributed by atoms with E-state index in [2.05, 4.69) is 5.32 Å². The molecule has 2 fully saturated rings. The van der Waals surface area contributed by atoms with E-state index in [0.717, 1.165) is 17.7 Å². The van der Waals surface area contributed by atoms with Crippen LogP contribution in [0.3, 0.4) is 0 Å². The molecule has 4 rings (SSSR count). The topological polar surface area (TPSA) is 69.6 Å². The summed E-state index contributed by atoms with van der Waals surface area (Å²) in [6, 6.07) is 9.58. The van der Waals surface area contributed by atoms with E-state index in [9.17, 15) is 14.7 Å². The third-order valence-electron chi connectivity index (χ3n) is 4.73. The molecule has 0 radical (unpaired) electrons. The van der Waals surface area contributed by atoms with E-state index < -0.39 is 5.97 Å². The molecule has 1 aromatic carbocycles. The van der Waals surface area contributed by atoms with Gasteiger partial charge in [-0.05, 0) is 23.5 Å². The summed E-state index contributed by atoms with van der Waals surface area (Å²) in [4.78, 5) is 25.2. The zero-order valence-electron chi connectivity index (χ0n) is 11.9. The number of amides is 1. The predicted molar refractivity (Wildman–Crippen MR) is 80.7 cm³/mol. The summed E-state index contributed by atoms with van der Waals surface area (Å²) in [5.74, 6) is -0.832. The van der Waals surface area contributed by atoms with Crippen LogP contribution in [0.1, 0.15) is 12.0 Å². The number of benzene rings is 1. The molecular formula is C17H16N2O3. The molecule has 5 heteroatoms. The van der Waals surface area contributed by atoms with Crippen molar-refractivity contribution in [1.82, 2.24) is 10.2 Å². The van der Waals surface area contributed by atoms with Crippen LogP contribution in [0, 0.1) is 5.92 Å². The predicted octanol–water partition coefficient (Wildman–Crippen LogP) is 1.24. The zero-order valence-corrected chi connectivity index (χ0v) is 11.9. The van der Waals surface area contributed by atoms with Crippen LogP contribution in [0.4, 0.5) is 0 Å². The van der Waals surface area contributed by atoms with Gasteiger partial charge in [-0.1, -0.05) is 42.5 Å². The van der Waals surface area contributed by atoms with E-state index in [1.165, 1.54) is 4.90 Å². The number of carbonyl (C=O) groups excluding carboxylic acids is 1. The molecule has 3 aliphatic rings. The Labute approximate surface area is 127 Å². The Balaban J connectivity index is 1.72. The van der Waals surface area contributed by atoms with Crippen LogP contribution in [0.15, 0.2) is 47.7 Å². The van der Waals surface area contributed by atoms with E-state index in [0.29, 0.717) is 12.3 Å². The van der Waals surface area contributed by atoms with Gasteiger partial charge in [-0.2, -0.15) is 0 Å². The molecule has 1 amide bonds. The van der Waals surface area contributed by atoms with Crippen molar-refractivity contribution in [3.05, 3.63) is 53.2 Å². The normalized spacial score (nSPS) is 29.7. The van der Waals surface area contributed by atoms with Gasteiger partial charge in [-0.3, -0.25) is 9.69 Å². The minimum absolute atomic E-state index is 0.0208. The van der Waals surface area contributed by atoms with Crippen molar-refractivity contribution in [3.63, 3.8) is 0 Å². The number of hydrogen-bond donors (Lipinski definition) is 2. The van der Waals surface area contributed by atoms with Crippen molar-refractivity contribution in [2.24, 2.45) is 5.92 Å². The summed E-state index contributed by atoms with van der Waals surface area (Å²) in [6.45, 7) is 0.771. The first-order chi connectivity index (χ1) is 10.7. The maximum atomic E-state index is 12.1. The van der Waals surface area contributed by atoms with Gasteiger partial charge < -0.3 is 10.4 Å². The van der Waals surface area contributed by atoms with Crippen molar-refractivity contribution >= 4 is 18.0 Å². The molecule has 112 valence electrons. The molecule has 2 N–H and O–H groups in total. The first-order valence-electron chi connectivity index (χ1n) is 7.43. The number of β-lactam (4-membered cyclic amide) rings is 1. The molecule has 22 heavy (non-hydrogen) atoms. The van der Waals surface area contributed by atoms with Crippen LogP contribution in [0.25, 0.3) is 6.08 Å². The van der Waals surface area contributed by atoms with E-state index in [4.69, 9.17) is 0 Å². The standard InChI is InChI=1S/C17H16N2O3/c20-16-13-14-12(9-18-13)8-11(15(17(21)22)19(14)16)7-6-10-4-2-1-3-5-10/h1-7,12-14,18H,8-9H2,(H,21,22)/t12?,13?,14-/m1/s1. The van der Waals surface area contributed by atoms with Crippen molar-refractivity contribution in [1.29, 1.82) is 0 Å². The monoisotopic (exact) mass is 296 g/mol. The number of nitrogens with zero attached hydrogens (tertiary/aromatic N) is 1. The first kappa shape index (κ1) is 13.3. The van der Waals surface area contributed by atoms with Gasteiger partial charge in [0.1, 0.15) is 11.7 Å². The quantitative estimate of drug-likeness (QED) is 0.823. The molecule has 3 atom stereocenters. The second-order valence-corrected chi connectivity index (χ2v) is 5.97. The molecule has 0 saturated carbocycles. The third kappa shape index (κ3) is 1.82. The summed E-state index contributed by atoms with van der Waals surface area (Å²) in [7, 11) is 0. The van der Waals surface area contributed by atoms with Crippen molar-refractivity contribution < 1.29 is 14.7 Å². The van der Waals surface area contributed by atoms with Crippen molar-refractivity contribution in [2.45, 2.75) is 18.5 Å². The molecule has 1 aromatic rings. The molecule has 0 aliphatic carbocycles. The van der Waals surface area contributed by atoms with E-state index in [-0.39, 0.29) is 23.7 Å². The lowest BCUT2D eigenvalue weighted by molar-refractivity contribution is -0.153. The molecule has 2 saturated heterocycles. The van der Waals surface area contributed by atoms with Gasteiger partial charge in [-0.25, -0.2) is 4.79 Å². The minimum atomic E-state index is -1.02. The van der Waals surface area contributed by atoms with Gasteiger partial charge >= 0.3 is 5.97 Å². The summed E-state index contributed by atoms with van der Waals surface area (Å²) in [6.07, 6.45) is 4.44. The second kappa shape index (κ2) is 4.81. The molecule has 0 bridgehead atoms. The van der Waals surface area contributed by atoms with Gasteiger partial charge in [-0.15, -0.1) is 0 Å². The van der Waals surface area contributed by atoms with Crippen LogP contribution >= 0.6 is 0 Å². The second-order valence-electron chi connectivity index (χ2n) is 5.97. The summed E-state index contributed by atoms with van der Waals surface area (Å²) < 4.78 is 0. The first-order valence-corrected chi connectivity index (χ1v) is 7.43. The average Bonchev–Trinajstić information content (AvgIpc) is 2.93. The van der Waals surface area contributed by atoms with Gasteiger partial charge in [0.2, 0.25) is 5.91 Å². The smallest absolute Gasteiger partial charge is 0.352 e. The van der Waals surface area contributed by atoms with E-state index >= 15 is 0 Å². The Morgan fingerprint density at radius 3 is 2.77 bits per heavy atom. The average molecular weight is 296 g/mol. The Kier molecular flexibility index (Phi) is 2.90. The fourth-order valence-electron chi connectivity index (χ4n) is 3.73. The molecule has 0 spiro atoms. The molecule has 0 aromatic heterocycles. The fourth-order valence-corrected chi connectivity index (χ4v) is 3.73. The molecular weight excluding hydrogens is 280 g/mol. The van der Waals surface area contributed by atoms with Crippen LogP contribution in [-0.2, 0) is 9.59 Å². The fraction of sp³-hybridized carbons (Fsp3) is 0.294. The third-order valence-corrected chi connectivity index (χ3v) is 4.73. The Hall–Kier alpha value is -2.40. The van der Waals surface area contributed by atoms with Gasteiger partial charge in [0.25, 0.3) is 0 Å². The Morgan fingerprint density at radius 1 is 1.27 bits per heavy atom. The number of carboxylic acids is 1. The highest BCUT2D eigenvalue weighted by Crippen LogP contribution is 2.43. The zero-order chi connectivity index (χ0) is 15.3. The van der Waals surface area contributed by atoms with Gasteiger partial charge in [0.05, 0.1) is 6.04 Å². The van der Waals surface area contributed by atoms with Crippen LogP contribution in [0.5, 0.6) is 0 Å². The van der Waals surface area contributed by atoms with Crippen molar-refractivity contribution in [2.75, 3.05) is 6.54 Å². The molecule has 3 heterocycles. The summed E-state index contributed by atoms with van der Waals surface area (Å²) in [5, 5.41) is 12.7. The van der Waals surface area contributed by atoms with E-state index in [1.54, 1.807) is 0 Å². The van der Waals surface area contributed by atoms with Crippen molar-refractivity contribution in [3.8, 4) is 0 Å². The van der Waals surface area contributed by atoms with Crippen LogP contribution < -0.4 is 5.32 Å². The number of carboxylic acid groups (broad SMARTS) is 1. The van der Waals surface area contributed by atoms with Crippen LogP contribution in [0.2, 0.25) is 0 Å². The SMILES string of the molecule is O=C(O)C1=C(C=Cc2ccccc2)CC2CNC3C(=O)N1[C@H]23. The Bertz CT molecular complexity index is 708.